The lowest BCUT2D eigenvalue weighted by atomic mass is 10.3. The predicted octanol–water partition coefficient (Wildman–Crippen LogP) is 0.772. The Morgan fingerprint density at radius 1 is 1.47 bits per heavy atom. The van der Waals surface area contributed by atoms with Crippen molar-refractivity contribution in [1.82, 2.24) is 25.1 Å². The molecule has 0 radical (unpaired) electrons. The summed E-state index contributed by atoms with van der Waals surface area (Å²) >= 11 is 0. The molecule has 0 saturated heterocycles. The Labute approximate surface area is 88.2 Å². The summed E-state index contributed by atoms with van der Waals surface area (Å²) in [5, 5.41) is 7.47. The summed E-state index contributed by atoms with van der Waals surface area (Å²) in [7, 11) is 0. The van der Waals surface area contributed by atoms with Crippen molar-refractivity contribution in [1.29, 1.82) is 0 Å². The lowest BCUT2D eigenvalue weighted by Crippen LogP contribution is -2.10. The number of nitrogens with zero attached hydrogens (tertiary/aromatic N) is 4. The van der Waals surface area contributed by atoms with Gasteiger partial charge >= 0.3 is 0 Å². The molecule has 15 heavy (non-hydrogen) atoms. The average molecular weight is 203 g/mol. The van der Waals surface area contributed by atoms with E-state index in [-0.39, 0.29) is 0 Å². The molecule has 0 amide bonds. The van der Waals surface area contributed by atoms with E-state index < -0.39 is 0 Å². The molecular weight excluding hydrogens is 190 g/mol. The highest BCUT2D eigenvalue weighted by molar-refractivity contribution is 5.19. The van der Waals surface area contributed by atoms with Gasteiger partial charge in [-0.2, -0.15) is 5.10 Å². The van der Waals surface area contributed by atoms with Gasteiger partial charge < -0.3 is 5.32 Å². The minimum Gasteiger partial charge on any atom is -0.313 e. The second-order valence-electron chi connectivity index (χ2n) is 3.14. The van der Waals surface area contributed by atoms with E-state index in [1.807, 2.05) is 18.5 Å². The van der Waals surface area contributed by atoms with Crippen molar-refractivity contribution in [3.05, 3.63) is 36.5 Å². The first-order chi connectivity index (χ1) is 7.40. The number of nitrogens with one attached hydrogen (secondary N) is 1. The Morgan fingerprint density at radius 2 is 2.40 bits per heavy atom. The summed E-state index contributed by atoms with van der Waals surface area (Å²) < 4.78 is 1.74. The van der Waals surface area contributed by atoms with Gasteiger partial charge in [0.2, 0.25) is 0 Å². The summed E-state index contributed by atoms with van der Waals surface area (Å²) in [4.78, 5) is 7.97. The largest absolute Gasteiger partial charge is 0.313 e. The standard InChI is InChI=1S/C10H13N5/c1-2-11-5-9-6-14-15(7-9)10-3-4-12-8-13-10/h3-4,6-8,11H,2,5H2,1H3. The Bertz CT molecular complexity index is 409. The van der Waals surface area contributed by atoms with Crippen molar-refractivity contribution >= 4 is 0 Å². The highest BCUT2D eigenvalue weighted by Crippen LogP contribution is 2.03. The van der Waals surface area contributed by atoms with Gasteiger partial charge in [0.05, 0.1) is 6.20 Å². The fraction of sp³-hybridized carbons (Fsp3) is 0.300. The Balaban J connectivity index is 2.14. The molecule has 0 spiro atoms. The SMILES string of the molecule is CCNCc1cnn(-c2ccncn2)c1. The molecule has 0 aliphatic heterocycles. The van der Waals surface area contributed by atoms with Crippen LogP contribution in [0.15, 0.2) is 31.0 Å². The molecule has 2 rings (SSSR count). The fourth-order valence-electron chi connectivity index (χ4n) is 1.27. The maximum Gasteiger partial charge on any atom is 0.156 e. The smallest absolute Gasteiger partial charge is 0.156 e. The number of hydrogen-bond acceptors (Lipinski definition) is 4. The summed E-state index contributed by atoms with van der Waals surface area (Å²) in [6.45, 7) is 3.87. The van der Waals surface area contributed by atoms with Gasteiger partial charge in [-0.1, -0.05) is 6.92 Å². The van der Waals surface area contributed by atoms with Gasteiger partial charge in [0, 0.05) is 30.6 Å². The van der Waals surface area contributed by atoms with Gasteiger partial charge in [0.15, 0.2) is 5.82 Å². The monoisotopic (exact) mass is 203 g/mol. The number of hydrogen-bond donors (Lipinski definition) is 1. The fourth-order valence-corrected chi connectivity index (χ4v) is 1.27. The zero-order valence-electron chi connectivity index (χ0n) is 8.59. The van der Waals surface area contributed by atoms with E-state index in [4.69, 9.17) is 0 Å². The summed E-state index contributed by atoms with van der Waals surface area (Å²) in [5.41, 5.74) is 1.15. The molecule has 0 unspecified atom stereocenters. The van der Waals surface area contributed by atoms with Gasteiger partial charge in [0.25, 0.3) is 0 Å². The van der Waals surface area contributed by atoms with Crippen LogP contribution < -0.4 is 5.32 Å². The van der Waals surface area contributed by atoms with E-state index in [1.54, 1.807) is 10.9 Å². The van der Waals surface area contributed by atoms with Crippen molar-refractivity contribution in [2.45, 2.75) is 13.5 Å². The first kappa shape index (κ1) is 9.79. The molecule has 1 N–H and O–H groups in total. The van der Waals surface area contributed by atoms with Crippen LogP contribution >= 0.6 is 0 Å². The highest BCUT2D eigenvalue weighted by Gasteiger charge is 2.00. The topological polar surface area (TPSA) is 55.6 Å². The van der Waals surface area contributed by atoms with Crippen molar-refractivity contribution in [2.24, 2.45) is 0 Å². The normalized spacial score (nSPS) is 10.5. The minimum atomic E-state index is 0.785. The van der Waals surface area contributed by atoms with E-state index in [1.165, 1.54) is 6.33 Å². The summed E-state index contributed by atoms with van der Waals surface area (Å²) in [6.07, 6.45) is 7.02. The average Bonchev–Trinajstić information content (AvgIpc) is 2.76. The van der Waals surface area contributed by atoms with Crippen LogP contribution in [0.2, 0.25) is 0 Å². The third-order valence-electron chi connectivity index (χ3n) is 2.02. The lowest BCUT2D eigenvalue weighted by molar-refractivity contribution is 0.726. The van der Waals surface area contributed by atoms with Gasteiger partial charge in [-0.3, -0.25) is 0 Å². The predicted molar refractivity (Wildman–Crippen MR) is 56.5 cm³/mol. The third-order valence-corrected chi connectivity index (χ3v) is 2.02. The van der Waals surface area contributed by atoms with Crippen molar-refractivity contribution in [3.8, 4) is 5.82 Å². The molecule has 2 aromatic heterocycles. The van der Waals surface area contributed by atoms with Crippen LogP contribution in [0.5, 0.6) is 0 Å². The highest BCUT2D eigenvalue weighted by atomic mass is 15.3. The lowest BCUT2D eigenvalue weighted by Gasteiger charge is -1.98. The number of aromatic nitrogens is 4. The molecule has 0 aliphatic rings. The molecule has 2 aromatic rings. The molecule has 5 nitrogen and oxygen atoms in total. The van der Waals surface area contributed by atoms with Crippen LogP contribution in [0.1, 0.15) is 12.5 Å². The second-order valence-corrected chi connectivity index (χ2v) is 3.14. The summed E-state index contributed by atoms with van der Waals surface area (Å²) in [6, 6.07) is 1.82. The van der Waals surface area contributed by atoms with E-state index in [0.717, 1.165) is 24.5 Å². The van der Waals surface area contributed by atoms with E-state index in [9.17, 15) is 0 Å². The molecule has 0 aliphatic carbocycles. The molecule has 2 heterocycles. The molecule has 0 saturated carbocycles. The van der Waals surface area contributed by atoms with E-state index in [0.29, 0.717) is 0 Å². The van der Waals surface area contributed by atoms with Crippen LogP contribution in [0.4, 0.5) is 0 Å². The first-order valence-electron chi connectivity index (χ1n) is 4.91. The van der Waals surface area contributed by atoms with Crippen molar-refractivity contribution in [3.63, 3.8) is 0 Å². The summed E-state index contributed by atoms with van der Waals surface area (Å²) in [5.74, 6) is 0.785. The molecular formula is C10H13N5. The maximum absolute atomic E-state index is 4.23. The molecule has 5 heteroatoms. The Morgan fingerprint density at radius 3 is 3.13 bits per heavy atom. The van der Waals surface area contributed by atoms with Crippen LogP contribution in [0.3, 0.4) is 0 Å². The molecule has 78 valence electrons. The molecule has 0 atom stereocenters. The van der Waals surface area contributed by atoms with Crippen LogP contribution in [-0.2, 0) is 6.54 Å². The molecule has 0 bridgehead atoms. The minimum absolute atomic E-state index is 0.785. The second kappa shape index (κ2) is 4.65. The van der Waals surface area contributed by atoms with Crippen molar-refractivity contribution in [2.75, 3.05) is 6.54 Å². The first-order valence-corrected chi connectivity index (χ1v) is 4.91. The van der Waals surface area contributed by atoms with E-state index in [2.05, 4.69) is 27.3 Å². The van der Waals surface area contributed by atoms with Gasteiger partial charge in [-0.15, -0.1) is 0 Å². The quantitative estimate of drug-likeness (QED) is 0.797. The number of rotatable bonds is 4. The maximum atomic E-state index is 4.23. The van der Waals surface area contributed by atoms with E-state index >= 15 is 0 Å². The zero-order chi connectivity index (χ0) is 10.5. The van der Waals surface area contributed by atoms with Gasteiger partial charge in [-0.05, 0) is 6.54 Å². The van der Waals surface area contributed by atoms with Gasteiger partial charge in [-0.25, -0.2) is 14.6 Å². The molecule has 0 fully saturated rings. The zero-order valence-corrected chi connectivity index (χ0v) is 8.59. The van der Waals surface area contributed by atoms with Crippen LogP contribution in [0, 0.1) is 0 Å². The Kier molecular flexibility index (Phi) is 3.04. The third kappa shape index (κ3) is 2.38. The van der Waals surface area contributed by atoms with Crippen molar-refractivity contribution < 1.29 is 0 Å². The van der Waals surface area contributed by atoms with Crippen LogP contribution in [-0.4, -0.2) is 26.3 Å². The van der Waals surface area contributed by atoms with Crippen LogP contribution in [0.25, 0.3) is 5.82 Å². The molecule has 0 aromatic carbocycles. The Hall–Kier alpha value is -1.75. The van der Waals surface area contributed by atoms with Gasteiger partial charge in [0.1, 0.15) is 6.33 Å².